The molecule has 1 aliphatic heterocycles. The molecule has 1 fully saturated rings. The topological polar surface area (TPSA) is 50.4 Å². The van der Waals surface area contributed by atoms with Crippen LogP contribution in [0.1, 0.15) is 46.5 Å². The summed E-state index contributed by atoms with van der Waals surface area (Å²) in [4.78, 5) is 13.4. The lowest BCUT2D eigenvalue weighted by Crippen LogP contribution is -2.51. The van der Waals surface area contributed by atoms with Crippen LogP contribution in [0, 0.1) is 6.92 Å². The predicted octanol–water partition coefficient (Wildman–Crippen LogP) is 3.45. The Morgan fingerprint density at radius 1 is 1.19 bits per heavy atom. The number of benzene rings is 2. The first-order chi connectivity index (χ1) is 13.1. The average Bonchev–Trinajstić information content (AvgIpc) is 2.74. The highest BCUT2D eigenvalue weighted by Gasteiger charge is 2.35. The highest BCUT2D eigenvalue weighted by atomic mass is 16.5. The zero-order valence-corrected chi connectivity index (χ0v) is 16.5. The molecule has 2 aromatic rings. The van der Waals surface area contributed by atoms with Crippen molar-refractivity contribution in [2.45, 2.75) is 38.3 Å². The Bertz CT molecular complexity index is 743. The highest BCUT2D eigenvalue weighted by Crippen LogP contribution is 2.25. The minimum atomic E-state index is -0.598. The third-order valence-corrected chi connectivity index (χ3v) is 5.62. The van der Waals surface area contributed by atoms with Crippen molar-refractivity contribution >= 4 is 5.78 Å². The van der Waals surface area contributed by atoms with E-state index < -0.39 is 5.54 Å². The van der Waals surface area contributed by atoms with E-state index in [-0.39, 0.29) is 11.9 Å². The van der Waals surface area contributed by atoms with E-state index in [2.05, 4.69) is 48.7 Å². The summed E-state index contributed by atoms with van der Waals surface area (Å²) in [7, 11) is 1.88. The second-order valence-corrected chi connectivity index (χ2v) is 7.36. The SMILES string of the molecule is CCC(Cc1ccc(C)cc1)(NC)C(=O)c1ccc(C2CNCCO2)cc1. The molecule has 0 amide bonds. The molecule has 2 unspecified atom stereocenters. The smallest absolute Gasteiger partial charge is 0.183 e. The van der Waals surface area contributed by atoms with Crippen molar-refractivity contribution in [3.8, 4) is 0 Å². The van der Waals surface area contributed by atoms with Crippen LogP contribution in [0.4, 0.5) is 0 Å². The van der Waals surface area contributed by atoms with Crippen LogP contribution >= 0.6 is 0 Å². The van der Waals surface area contributed by atoms with Crippen LogP contribution in [0.2, 0.25) is 0 Å². The van der Waals surface area contributed by atoms with Gasteiger partial charge in [0.25, 0.3) is 0 Å². The molecule has 0 aliphatic carbocycles. The van der Waals surface area contributed by atoms with Crippen molar-refractivity contribution in [3.63, 3.8) is 0 Å². The van der Waals surface area contributed by atoms with E-state index in [1.54, 1.807) is 0 Å². The monoisotopic (exact) mass is 366 g/mol. The van der Waals surface area contributed by atoms with E-state index in [1.165, 1.54) is 11.1 Å². The van der Waals surface area contributed by atoms with E-state index in [4.69, 9.17) is 4.74 Å². The van der Waals surface area contributed by atoms with Gasteiger partial charge in [0.15, 0.2) is 5.78 Å². The van der Waals surface area contributed by atoms with Gasteiger partial charge in [0.05, 0.1) is 18.2 Å². The number of nitrogens with one attached hydrogen (secondary N) is 2. The fourth-order valence-electron chi connectivity index (χ4n) is 3.70. The maximum absolute atomic E-state index is 13.4. The van der Waals surface area contributed by atoms with Crippen molar-refractivity contribution in [2.24, 2.45) is 0 Å². The molecule has 4 heteroatoms. The fraction of sp³-hybridized carbons (Fsp3) is 0.435. The summed E-state index contributed by atoms with van der Waals surface area (Å²) < 4.78 is 5.80. The summed E-state index contributed by atoms with van der Waals surface area (Å²) in [5, 5.41) is 6.66. The number of carbonyl (C=O) groups is 1. The Labute approximate surface area is 162 Å². The fourth-order valence-corrected chi connectivity index (χ4v) is 3.70. The van der Waals surface area contributed by atoms with Gasteiger partial charge in [0.1, 0.15) is 0 Å². The zero-order valence-electron chi connectivity index (χ0n) is 16.5. The first-order valence-corrected chi connectivity index (χ1v) is 9.79. The zero-order chi connectivity index (χ0) is 19.3. The second-order valence-electron chi connectivity index (χ2n) is 7.36. The predicted molar refractivity (Wildman–Crippen MR) is 109 cm³/mol. The number of hydrogen-bond donors (Lipinski definition) is 2. The van der Waals surface area contributed by atoms with Gasteiger partial charge in [-0.15, -0.1) is 0 Å². The van der Waals surface area contributed by atoms with Gasteiger partial charge in [-0.1, -0.05) is 61.0 Å². The van der Waals surface area contributed by atoms with Crippen molar-refractivity contribution < 1.29 is 9.53 Å². The standard InChI is InChI=1S/C23H30N2O2/c1-4-23(24-3,15-18-7-5-17(2)6-8-18)22(26)20-11-9-19(10-12-20)21-16-25-13-14-27-21/h5-12,21,24-25H,4,13-16H2,1-3H3. The van der Waals surface area contributed by atoms with Gasteiger partial charge in [0.2, 0.25) is 0 Å². The van der Waals surface area contributed by atoms with Gasteiger partial charge < -0.3 is 15.4 Å². The quantitative estimate of drug-likeness (QED) is 0.737. The molecule has 1 aliphatic rings. The molecule has 1 heterocycles. The van der Waals surface area contributed by atoms with Crippen LogP contribution in [0.3, 0.4) is 0 Å². The average molecular weight is 367 g/mol. The van der Waals surface area contributed by atoms with Crippen molar-refractivity contribution in [1.82, 2.24) is 10.6 Å². The Morgan fingerprint density at radius 2 is 1.89 bits per heavy atom. The molecular weight excluding hydrogens is 336 g/mol. The molecule has 0 bridgehead atoms. The summed E-state index contributed by atoms with van der Waals surface area (Å²) in [6, 6.07) is 16.3. The minimum absolute atomic E-state index is 0.0655. The third-order valence-electron chi connectivity index (χ3n) is 5.62. The van der Waals surface area contributed by atoms with Crippen LogP contribution in [-0.4, -0.2) is 38.1 Å². The van der Waals surface area contributed by atoms with Gasteiger partial charge in [-0.25, -0.2) is 0 Å². The highest BCUT2D eigenvalue weighted by molar-refractivity contribution is 6.03. The molecule has 1 saturated heterocycles. The second kappa shape index (κ2) is 8.79. The van der Waals surface area contributed by atoms with Crippen LogP contribution in [0.15, 0.2) is 48.5 Å². The maximum Gasteiger partial charge on any atom is 0.183 e. The summed E-state index contributed by atoms with van der Waals surface area (Å²) in [5.41, 5.74) is 3.66. The van der Waals surface area contributed by atoms with Crippen LogP contribution in [-0.2, 0) is 11.2 Å². The molecule has 0 spiro atoms. The number of Topliss-reactive ketones (excluding diaryl/α,β-unsaturated/α-hetero) is 1. The van der Waals surface area contributed by atoms with Crippen molar-refractivity contribution in [3.05, 3.63) is 70.8 Å². The van der Waals surface area contributed by atoms with Gasteiger partial charge >= 0.3 is 0 Å². The number of rotatable bonds is 7. The molecule has 0 saturated carbocycles. The van der Waals surface area contributed by atoms with Gasteiger partial charge in [-0.3, -0.25) is 4.79 Å². The summed E-state index contributed by atoms with van der Waals surface area (Å²) in [6.45, 7) is 6.58. The van der Waals surface area contributed by atoms with Crippen LogP contribution < -0.4 is 10.6 Å². The van der Waals surface area contributed by atoms with E-state index in [1.807, 2.05) is 31.3 Å². The number of likely N-dealkylation sites (N-methyl/N-ethyl adjacent to an activating group) is 1. The van der Waals surface area contributed by atoms with Gasteiger partial charge in [-0.2, -0.15) is 0 Å². The summed E-state index contributed by atoms with van der Waals surface area (Å²) >= 11 is 0. The third kappa shape index (κ3) is 4.46. The summed E-state index contributed by atoms with van der Waals surface area (Å²) in [5.74, 6) is 0.141. The number of morpholine rings is 1. The normalized spacial score (nSPS) is 19.4. The van der Waals surface area contributed by atoms with Crippen molar-refractivity contribution in [1.29, 1.82) is 0 Å². The molecule has 2 atom stereocenters. The molecule has 3 rings (SSSR count). The molecule has 0 radical (unpaired) electrons. The van der Waals surface area contributed by atoms with E-state index >= 15 is 0 Å². The van der Waals surface area contributed by atoms with E-state index in [0.717, 1.165) is 37.2 Å². The van der Waals surface area contributed by atoms with E-state index in [9.17, 15) is 4.79 Å². The number of aryl methyl sites for hydroxylation is 1. The Balaban J connectivity index is 1.80. The molecule has 27 heavy (non-hydrogen) atoms. The largest absolute Gasteiger partial charge is 0.371 e. The minimum Gasteiger partial charge on any atom is -0.371 e. The Hall–Kier alpha value is -2.01. The lowest BCUT2D eigenvalue weighted by molar-refractivity contribution is 0.0277. The molecule has 144 valence electrons. The molecule has 4 nitrogen and oxygen atoms in total. The first kappa shape index (κ1) is 19.7. The Morgan fingerprint density at radius 3 is 2.44 bits per heavy atom. The maximum atomic E-state index is 13.4. The van der Waals surface area contributed by atoms with Gasteiger partial charge in [0, 0.05) is 18.7 Å². The van der Waals surface area contributed by atoms with Crippen LogP contribution in [0.5, 0.6) is 0 Å². The van der Waals surface area contributed by atoms with Gasteiger partial charge in [-0.05, 0) is 37.9 Å². The Kier molecular flexibility index (Phi) is 6.42. The number of ether oxygens (including phenoxy) is 1. The molecule has 2 N–H and O–H groups in total. The number of carbonyl (C=O) groups excluding carboxylic acids is 1. The lowest BCUT2D eigenvalue weighted by Gasteiger charge is -2.31. The molecule has 2 aromatic carbocycles. The summed E-state index contributed by atoms with van der Waals surface area (Å²) in [6.07, 6.45) is 1.47. The molecular formula is C23H30N2O2. The number of ketones is 1. The lowest BCUT2D eigenvalue weighted by atomic mass is 9.81. The number of hydrogen-bond acceptors (Lipinski definition) is 4. The van der Waals surface area contributed by atoms with Crippen molar-refractivity contribution in [2.75, 3.05) is 26.7 Å². The molecule has 0 aromatic heterocycles. The van der Waals surface area contributed by atoms with E-state index in [0.29, 0.717) is 6.42 Å². The van der Waals surface area contributed by atoms with Crippen LogP contribution in [0.25, 0.3) is 0 Å². The first-order valence-electron chi connectivity index (χ1n) is 9.79.